The Bertz CT molecular complexity index is 1870. The Kier molecular flexibility index (Phi) is 17.7. The number of nitrogens with one attached hydrogen (secondary N) is 2. The van der Waals surface area contributed by atoms with E-state index in [2.05, 4.69) is 29.5 Å². The summed E-state index contributed by atoms with van der Waals surface area (Å²) in [7, 11) is -7.32. The van der Waals surface area contributed by atoms with Gasteiger partial charge in [-0.2, -0.15) is 9.97 Å². The molecule has 2 aliphatic rings. The molecule has 5 heterocycles. The van der Waals surface area contributed by atoms with E-state index in [1.54, 1.807) is 0 Å². The Hall–Kier alpha value is -1.19. The molecule has 0 amide bonds. The molecule has 24 nitrogen and oxygen atoms in total. The number of hydrogen-bond acceptors (Lipinski definition) is 20. The number of ether oxygens (including phenoxy) is 5. The number of aromatic amines is 1. The summed E-state index contributed by atoms with van der Waals surface area (Å²) in [6, 6.07) is 1.35. The first-order valence-corrected chi connectivity index (χ1v) is 18.2. The second kappa shape index (κ2) is 20.3. The van der Waals surface area contributed by atoms with Crippen LogP contribution in [0, 0.1) is 0 Å². The molecule has 0 radical (unpaired) electrons. The van der Waals surface area contributed by atoms with Gasteiger partial charge in [0.2, 0.25) is 5.95 Å². The van der Waals surface area contributed by atoms with Crippen LogP contribution in [0.2, 0.25) is 0 Å². The fraction of sp³-hybridized carbons (Fsp3) is 0.640. The molecule has 2 aliphatic heterocycles. The summed E-state index contributed by atoms with van der Waals surface area (Å²) < 4.78 is 72.2. The van der Waals surface area contributed by atoms with Crippen LogP contribution in [0.4, 0.5) is 11.8 Å². The number of phosphoric ester groups is 1. The number of aliphatic hydroxyl groups excluding tert-OH is 1. The monoisotopic (exact) mass is 811 g/mol. The zero-order chi connectivity index (χ0) is 36.9. The van der Waals surface area contributed by atoms with E-state index in [9.17, 15) is 33.6 Å². The van der Waals surface area contributed by atoms with Crippen LogP contribution in [0.3, 0.4) is 0 Å². The average molecular weight is 812 g/mol. The molecule has 53 heavy (non-hydrogen) atoms. The molecule has 0 spiro atoms. The number of aliphatic hydroxyl groups is 1. The molecular weight excluding hydrogens is 774 g/mol. The van der Waals surface area contributed by atoms with Gasteiger partial charge in [0.15, 0.2) is 23.6 Å². The van der Waals surface area contributed by atoms with Crippen LogP contribution >= 0.6 is 15.6 Å². The first-order valence-electron chi connectivity index (χ1n) is 15.2. The Balaban J connectivity index is 0.00000378. The maximum Gasteiger partial charge on any atom is 1.00 e. The van der Waals surface area contributed by atoms with Crippen molar-refractivity contribution < 1.29 is 120 Å². The summed E-state index contributed by atoms with van der Waals surface area (Å²) in [6.45, 7) is -0.949. The Morgan fingerprint density at radius 1 is 1.04 bits per heavy atom. The molecule has 0 aromatic carbocycles. The third-order valence-electron chi connectivity index (χ3n) is 7.65. The predicted molar refractivity (Wildman–Crippen MR) is 167 cm³/mol. The van der Waals surface area contributed by atoms with Crippen LogP contribution < -0.4 is 96.7 Å². The van der Waals surface area contributed by atoms with Crippen LogP contribution in [0.1, 0.15) is 18.9 Å². The number of imidazole rings is 1. The number of nitrogen functional groups attached to an aromatic ring is 2. The minimum absolute atomic E-state index is 0. The van der Waals surface area contributed by atoms with Gasteiger partial charge in [0.25, 0.3) is 5.56 Å². The van der Waals surface area contributed by atoms with Crippen molar-refractivity contribution in [1.82, 2.24) is 34.2 Å². The van der Waals surface area contributed by atoms with E-state index >= 15 is 0 Å². The van der Waals surface area contributed by atoms with Gasteiger partial charge in [0, 0.05) is 33.4 Å². The zero-order valence-electron chi connectivity index (χ0n) is 29.2. The molecule has 0 saturated carbocycles. The first-order chi connectivity index (χ1) is 24.2. The number of hydrogen-bond donors (Lipinski definition) is 5. The Morgan fingerprint density at radius 2 is 1.79 bits per heavy atom. The molecular formula is C25H37N9Na2O15P2. The topological polar surface area (TPSA) is 337 Å². The van der Waals surface area contributed by atoms with Gasteiger partial charge in [-0.3, -0.25) is 28.0 Å². The van der Waals surface area contributed by atoms with Crippen molar-refractivity contribution in [2.75, 3.05) is 65.3 Å². The Labute approximate surface area is 344 Å². The smallest absolute Gasteiger partial charge is 0.790 e. The SMILES string of the molecule is COCCOCCN[P@](=O)(OC[C@@H]1C[C@@H](O)[C@H](n2ccc(N)nc2=O)O1)O[C@H]1[C@@H](OC)[C@H](n2cnc3c(=O)[nH]c(N)nc32)O[C@@H]1COP(=O)([O-])[O-].[Na+].[Na+]. The molecule has 0 bridgehead atoms. The number of rotatable bonds is 18. The van der Waals surface area contributed by atoms with E-state index in [-0.39, 0.29) is 115 Å². The van der Waals surface area contributed by atoms with E-state index in [1.807, 2.05) is 0 Å². The number of nitrogens with two attached hydrogens (primary N) is 2. The van der Waals surface area contributed by atoms with E-state index in [1.165, 1.54) is 37.4 Å². The number of nitrogens with zero attached hydrogens (tertiary/aromatic N) is 5. The van der Waals surface area contributed by atoms with Crippen molar-refractivity contribution in [2.24, 2.45) is 0 Å². The van der Waals surface area contributed by atoms with Crippen LogP contribution in [0.15, 0.2) is 28.2 Å². The van der Waals surface area contributed by atoms with Gasteiger partial charge in [0.05, 0.1) is 53.3 Å². The molecule has 28 heteroatoms. The number of H-pyrrole nitrogens is 1. The number of fused-ring (bicyclic) bond motifs is 1. The van der Waals surface area contributed by atoms with Crippen molar-refractivity contribution in [3.8, 4) is 0 Å². The molecule has 2 saturated heterocycles. The minimum atomic E-state index is -5.55. The van der Waals surface area contributed by atoms with Crippen molar-refractivity contribution in [3.05, 3.63) is 39.4 Å². The molecule has 0 unspecified atom stereocenters. The van der Waals surface area contributed by atoms with Crippen LogP contribution in [0.25, 0.3) is 11.2 Å². The number of aromatic nitrogens is 6. The van der Waals surface area contributed by atoms with E-state index in [0.29, 0.717) is 0 Å². The third kappa shape index (κ3) is 11.9. The van der Waals surface area contributed by atoms with Gasteiger partial charge in [-0.1, -0.05) is 0 Å². The average Bonchev–Trinajstić information content (AvgIpc) is 3.75. The quantitative estimate of drug-likeness (QED) is 0.0452. The van der Waals surface area contributed by atoms with E-state index in [0.717, 1.165) is 4.57 Å². The van der Waals surface area contributed by atoms with Gasteiger partial charge in [-0.25, -0.2) is 19.4 Å². The van der Waals surface area contributed by atoms with Crippen molar-refractivity contribution in [2.45, 2.75) is 49.4 Å². The van der Waals surface area contributed by atoms with Crippen LogP contribution in [0.5, 0.6) is 0 Å². The van der Waals surface area contributed by atoms with Gasteiger partial charge in [-0.15, -0.1) is 0 Å². The van der Waals surface area contributed by atoms with Gasteiger partial charge in [-0.05, 0) is 6.07 Å². The normalized spacial score (nSPS) is 25.6. The van der Waals surface area contributed by atoms with Crippen molar-refractivity contribution >= 4 is 38.5 Å². The molecule has 3 aromatic rings. The number of methoxy groups -OCH3 is 2. The van der Waals surface area contributed by atoms with Crippen molar-refractivity contribution in [3.63, 3.8) is 0 Å². The largest absolute Gasteiger partial charge is 1.00 e. The molecule has 8 atom stereocenters. The minimum Gasteiger partial charge on any atom is -0.790 e. The van der Waals surface area contributed by atoms with Gasteiger partial charge < -0.3 is 59.1 Å². The summed E-state index contributed by atoms with van der Waals surface area (Å²) in [5.41, 5.74) is 9.68. The number of phosphoric acid groups is 1. The summed E-state index contributed by atoms with van der Waals surface area (Å²) in [5.74, 6) is -0.278. The van der Waals surface area contributed by atoms with Crippen LogP contribution in [-0.2, 0) is 46.4 Å². The second-order valence-corrected chi connectivity index (χ2v) is 14.1. The summed E-state index contributed by atoms with van der Waals surface area (Å²) in [4.78, 5) is 61.8. The number of anilines is 2. The van der Waals surface area contributed by atoms with Crippen LogP contribution in [-0.4, -0.2) is 118 Å². The maximum absolute atomic E-state index is 14.4. The molecule has 0 aliphatic carbocycles. The standard InChI is InChI=1S/C25H39N9O15P2.2Na/c1-42-7-8-44-6-4-29-50(38,45-10-13-9-14(35)22(47-13)33-5-3-16(26)30-25(33)37)49-18-15(11-46-51(39,40)41)48-23(19(18)43-2)34-12-28-17-20(34)31-24(27)32-21(17)36;;/h3,5,12-15,18-19,22-23,35H,4,6-11H2,1-2H3,(H,29,38)(H2,26,30,37)(H2,39,40,41)(H3,27,31,32,36);;/q;2*+1/p-2/t13-,14+,15+,18+,19+,22+,23+,50-;;/m0../s1. The Morgan fingerprint density at radius 3 is 2.47 bits per heavy atom. The maximum atomic E-state index is 14.4. The van der Waals surface area contributed by atoms with Gasteiger partial charge in [0.1, 0.15) is 30.2 Å². The molecule has 3 aromatic heterocycles. The summed E-state index contributed by atoms with van der Waals surface area (Å²) >= 11 is 0. The first kappa shape index (κ1) is 46.2. The van der Waals surface area contributed by atoms with E-state index < -0.39 is 83.0 Å². The summed E-state index contributed by atoms with van der Waals surface area (Å²) in [6.07, 6.45) is -6.33. The molecule has 5 rings (SSSR count). The second-order valence-electron chi connectivity index (χ2n) is 11.2. The zero-order valence-corrected chi connectivity index (χ0v) is 35.0. The van der Waals surface area contributed by atoms with E-state index in [4.69, 9.17) is 44.2 Å². The molecule has 284 valence electrons. The predicted octanol–water partition coefficient (Wildman–Crippen LogP) is -9.28. The van der Waals surface area contributed by atoms with Gasteiger partial charge >= 0.3 is 72.6 Å². The fourth-order valence-electron chi connectivity index (χ4n) is 5.40. The summed E-state index contributed by atoms with van der Waals surface area (Å²) in [5, 5.41) is 13.3. The van der Waals surface area contributed by atoms with Crippen molar-refractivity contribution in [1.29, 1.82) is 0 Å². The third-order valence-corrected chi connectivity index (χ3v) is 9.73. The molecule has 2 fully saturated rings. The fourth-order valence-corrected chi connectivity index (χ4v) is 7.26. The molecule has 7 N–H and O–H groups in total.